The molecule has 1 aromatic rings. The van der Waals surface area contributed by atoms with Crippen molar-refractivity contribution in [3.8, 4) is 0 Å². The molecular weight excluding hydrogens is 230 g/mol. The number of nitrogens with zero attached hydrogens (tertiary/aromatic N) is 2. The first-order valence-electron chi connectivity index (χ1n) is 6.46. The molecule has 0 aliphatic carbocycles. The summed E-state index contributed by atoms with van der Waals surface area (Å²) in [5.41, 5.74) is 0. The van der Waals surface area contributed by atoms with E-state index in [9.17, 15) is 4.79 Å². The predicted molar refractivity (Wildman–Crippen MR) is 70.4 cm³/mol. The van der Waals surface area contributed by atoms with Gasteiger partial charge in [-0.05, 0) is 19.3 Å². The number of hydrogen-bond donors (Lipinski definition) is 2. The van der Waals surface area contributed by atoms with Crippen LogP contribution in [0.15, 0.2) is 18.6 Å². The van der Waals surface area contributed by atoms with Gasteiger partial charge in [0.05, 0.1) is 12.1 Å². The maximum atomic E-state index is 10.8. The molecule has 0 aromatic carbocycles. The number of rotatable bonds is 9. The van der Waals surface area contributed by atoms with Crippen molar-refractivity contribution in [3.05, 3.63) is 18.6 Å². The molecule has 5 nitrogen and oxygen atoms in total. The van der Waals surface area contributed by atoms with Crippen LogP contribution in [0.1, 0.15) is 39.0 Å². The van der Waals surface area contributed by atoms with Crippen LogP contribution in [-0.4, -0.2) is 27.6 Å². The van der Waals surface area contributed by atoms with Gasteiger partial charge in [0.25, 0.3) is 0 Å². The Kier molecular flexibility index (Phi) is 6.76. The Morgan fingerprint density at radius 1 is 1.39 bits per heavy atom. The zero-order chi connectivity index (χ0) is 13.2. The zero-order valence-electron chi connectivity index (χ0n) is 10.8. The van der Waals surface area contributed by atoms with E-state index in [1.807, 2.05) is 6.92 Å². The van der Waals surface area contributed by atoms with E-state index in [-0.39, 0.29) is 5.92 Å². The Balaban J connectivity index is 2.04. The fraction of sp³-hybridized carbons (Fsp3) is 0.615. The van der Waals surface area contributed by atoms with E-state index < -0.39 is 5.97 Å². The van der Waals surface area contributed by atoms with E-state index in [1.165, 1.54) is 0 Å². The minimum atomic E-state index is -0.671. The Bertz CT molecular complexity index is 343. The second-order valence-electron chi connectivity index (χ2n) is 4.31. The highest BCUT2D eigenvalue weighted by molar-refractivity contribution is 5.69. The molecule has 1 atom stereocenters. The second-order valence-corrected chi connectivity index (χ2v) is 4.31. The maximum absolute atomic E-state index is 10.8. The molecule has 100 valence electrons. The topological polar surface area (TPSA) is 75.1 Å². The highest BCUT2D eigenvalue weighted by Crippen LogP contribution is 2.13. The number of aromatic nitrogens is 2. The lowest BCUT2D eigenvalue weighted by Gasteiger charge is -2.09. The van der Waals surface area contributed by atoms with Crippen molar-refractivity contribution < 1.29 is 9.90 Å². The van der Waals surface area contributed by atoms with E-state index in [1.54, 1.807) is 18.6 Å². The number of unbranched alkanes of at least 4 members (excludes halogenated alkanes) is 2. The van der Waals surface area contributed by atoms with Gasteiger partial charge < -0.3 is 10.4 Å². The highest BCUT2D eigenvalue weighted by atomic mass is 16.4. The SMILES string of the molecule is CCC(CCCCCNc1cnccn1)C(=O)O. The molecule has 0 bridgehead atoms. The first-order chi connectivity index (χ1) is 8.74. The molecule has 1 heterocycles. The number of anilines is 1. The lowest BCUT2D eigenvalue weighted by Crippen LogP contribution is -2.12. The van der Waals surface area contributed by atoms with Crippen molar-refractivity contribution in [3.63, 3.8) is 0 Å². The number of carboxylic acids is 1. The fourth-order valence-corrected chi connectivity index (χ4v) is 1.80. The smallest absolute Gasteiger partial charge is 0.306 e. The lowest BCUT2D eigenvalue weighted by molar-refractivity contribution is -0.142. The Morgan fingerprint density at radius 2 is 2.22 bits per heavy atom. The fourth-order valence-electron chi connectivity index (χ4n) is 1.80. The summed E-state index contributed by atoms with van der Waals surface area (Å²) in [5.74, 6) is -0.0670. The predicted octanol–water partition coefficient (Wildman–Crippen LogP) is 2.56. The van der Waals surface area contributed by atoms with Crippen LogP contribution in [0, 0.1) is 5.92 Å². The van der Waals surface area contributed by atoms with Crippen molar-refractivity contribution >= 4 is 11.8 Å². The summed E-state index contributed by atoms with van der Waals surface area (Å²) in [5, 5.41) is 12.1. The van der Waals surface area contributed by atoms with Gasteiger partial charge in [-0.1, -0.05) is 19.8 Å². The van der Waals surface area contributed by atoms with Crippen molar-refractivity contribution in [1.29, 1.82) is 0 Å². The third-order valence-electron chi connectivity index (χ3n) is 2.94. The van der Waals surface area contributed by atoms with Crippen LogP contribution in [-0.2, 0) is 4.79 Å². The minimum absolute atomic E-state index is 0.182. The van der Waals surface area contributed by atoms with Gasteiger partial charge in [-0.25, -0.2) is 4.98 Å². The highest BCUT2D eigenvalue weighted by Gasteiger charge is 2.13. The molecule has 1 aromatic heterocycles. The van der Waals surface area contributed by atoms with Gasteiger partial charge >= 0.3 is 5.97 Å². The van der Waals surface area contributed by atoms with Crippen LogP contribution in [0.4, 0.5) is 5.82 Å². The molecule has 0 aliphatic rings. The van der Waals surface area contributed by atoms with Crippen LogP contribution in [0.5, 0.6) is 0 Å². The van der Waals surface area contributed by atoms with E-state index in [0.717, 1.165) is 38.0 Å². The lowest BCUT2D eigenvalue weighted by atomic mass is 9.99. The first-order valence-corrected chi connectivity index (χ1v) is 6.46. The minimum Gasteiger partial charge on any atom is -0.481 e. The first kappa shape index (κ1) is 14.4. The van der Waals surface area contributed by atoms with E-state index in [4.69, 9.17) is 5.11 Å². The monoisotopic (exact) mass is 251 g/mol. The number of nitrogens with one attached hydrogen (secondary N) is 1. The molecule has 0 aliphatic heterocycles. The molecule has 1 rings (SSSR count). The third-order valence-corrected chi connectivity index (χ3v) is 2.94. The molecule has 5 heteroatoms. The maximum Gasteiger partial charge on any atom is 0.306 e. The summed E-state index contributed by atoms with van der Waals surface area (Å²) >= 11 is 0. The second kappa shape index (κ2) is 8.44. The number of hydrogen-bond acceptors (Lipinski definition) is 4. The van der Waals surface area contributed by atoms with Gasteiger partial charge in [0.1, 0.15) is 5.82 Å². The summed E-state index contributed by atoms with van der Waals surface area (Å²) in [6.45, 7) is 2.77. The van der Waals surface area contributed by atoms with E-state index >= 15 is 0 Å². The van der Waals surface area contributed by atoms with Crippen LogP contribution in [0.3, 0.4) is 0 Å². The molecule has 1 unspecified atom stereocenters. The molecule has 2 N–H and O–H groups in total. The van der Waals surface area contributed by atoms with Gasteiger partial charge in [0.2, 0.25) is 0 Å². The quantitative estimate of drug-likeness (QED) is 0.660. The van der Waals surface area contributed by atoms with Crippen LogP contribution < -0.4 is 5.32 Å². The molecule has 18 heavy (non-hydrogen) atoms. The van der Waals surface area contributed by atoms with Gasteiger partial charge in [-0.2, -0.15) is 0 Å². The molecule has 0 fully saturated rings. The normalized spacial score (nSPS) is 12.1. The Labute approximate surface area is 108 Å². The van der Waals surface area contributed by atoms with Gasteiger partial charge in [-0.3, -0.25) is 9.78 Å². The van der Waals surface area contributed by atoms with E-state index in [2.05, 4.69) is 15.3 Å². The molecule has 0 saturated heterocycles. The molecular formula is C13H21N3O2. The Morgan fingerprint density at radius 3 is 2.83 bits per heavy atom. The summed E-state index contributed by atoms with van der Waals surface area (Å²) in [6.07, 6.45) is 9.50. The summed E-state index contributed by atoms with van der Waals surface area (Å²) < 4.78 is 0. The Hall–Kier alpha value is -1.65. The van der Waals surface area contributed by atoms with Crippen molar-refractivity contribution in [2.24, 2.45) is 5.92 Å². The average molecular weight is 251 g/mol. The molecule has 0 amide bonds. The van der Waals surface area contributed by atoms with Gasteiger partial charge in [0, 0.05) is 18.9 Å². The van der Waals surface area contributed by atoms with E-state index in [0.29, 0.717) is 6.42 Å². The standard InChI is InChI=1S/C13H21N3O2/c1-2-11(13(17)18)6-4-3-5-7-15-12-10-14-8-9-16-12/h8-11H,2-7H2,1H3,(H,15,16)(H,17,18). The van der Waals surface area contributed by atoms with Crippen molar-refractivity contribution in [1.82, 2.24) is 9.97 Å². The van der Waals surface area contributed by atoms with Crippen LogP contribution in [0.2, 0.25) is 0 Å². The number of carboxylic acid groups (broad SMARTS) is 1. The molecule has 0 saturated carbocycles. The van der Waals surface area contributed by atoms with Crippen molar-refractivity contribution in [2.45, 2.75) is 39.0 Å². The van der Waals surface area contributed by atoms with Gasteiger partial charge in [0.15, 0.2) is 0 Å². The molecule has 0 radical (unpaired) electrons. The van der Waals surface area contributed by atoms with Gasteiger partial charge in [-0.15, -0.1) is 0 Å². The zero-order valence-corrected chi connectivity index (χ0v) is 10.8. The third kappa shape index (κ3) is 5.61. The molecule has 0 spiro atoms. The summed E-state index contributed by atoms with van der Waals surface area (Å²) in [4.78, 5) is 18.9. The number of aliphatic carboxylic acids is 1. The largest absolute Gasteiger partial charge is 0.481 e. The summed E-state index contributed by atoms with van der Waals surface area (Å²) in [7, 11) is 0. The summed E-state index contributed by atoms with van der Waals surface area (Å²) in [6, 6.07) is 0. The van der Waals surface area contributed by atoms with Crippen LogP contribution >= 0.6 is 0 Å². The van der Waals surface area contributed by atoms with Crippen LogP contribution in [0.25, 0.3) is 0 Å². The van der Waals surface area contributed by atoms with Crippen molar-refractivity contribution in [2.75, 3.05) is 11.9 Å². The average Bonchev–Trinajstić information content (AvgIpc) is 2.38. The number of carbonyl (C=O) groups is 1.